The highest BCUT2D eigenvalue weighted by Gasteiger charge is 2.27. The first-order valence-corrected chi connectivity index (χ1v) is 7.43. The second-order valence-electron chi connectivity index (χ2n) is 4.42. The van der Waals surface area contributed by atoms with Gasteiger partial charge in [-0.3, -0.25) is 14.3 Å². The molecule has 10 heteroatoms. The maximum Gasteiger partial charge on any atom is 0.330 e. The maximum absolute atomic E-state index is 11.7. The van der Waals surface area contributed by atoms with Crippen LogP contribution in [0.25, 0.3) is 0 Å². The van der Waals surface area contributed by atoms with Gasteiger partial charge in [-0.05, 0) is 18.8 Å². The average molecular weight is 315 g/mol. The van der Waals surface area contributed by atoms with Gasteiger partial charge in [0.05, 0.1) is 0 Å². The van der Waals surface area contributed by atoms with Gasteiger partial charge in [-0.1, -0.05) is 0 Å². The number of aliphatic hydroxyl groups is 1. The van der Waals surface area contributed by atoms with Gasteiger partial charge < -0.3 is 24.2 Å². The number of aliphatic hydroxyl groups excluding tert-OH is 1. The minimum Gasteiger partial charge on any atom is -0.776 e. The molecule has 0 bridgehead atoms. The minimum atomic E-state index is -4.63. The quantitative estimate of drug-likeness (QED) is 0.622. The molecule has 0 saturated carbocycles. The summed E-state index contributed by atoms with van der Waals surface area (Å²) in [4.78, 5) is 44.3. The molecule has 21 heavy (non-hydrogen) atoms. The van der Waals surface area contributed by atoms with Crippen LogP contribution in [-0.4, -0.2) is 25.7 Å². The maximum atomic E-state index is 11.7. The summed E-state index contributed by atoms with van der Waals surface area (Å²) in [5, 5.41) is 9.66. The summed E-state index contributed by atoms with van der Waals surface area (Å²) in [5.41, 5.74) is -1.00. The Bertz CT molecular complexity index is 770. The standard InChI is InChI=1S/C11H13N2O7P/c1-6-5-13(11(16)12-10(6)15)9-4-7(14)8(20-9)2-3-21(17,18)19/h2-5,8-9,14H,1H3,(H,12,15,16)(H2,17,18,19)/p-1/b3-2+/t8-,9-/m1/s1. The molecule has 0 radical (unpaired) electrons. The van der Waals surface area contributed by atoms with Gasteiger partial charge in [0.2, 0.25) is 0 Å². The lowest BCUT2D eigenvalue weighted by Crippen LogP contribution is -2.33. The van der Waals surface area contributed by atoms with E-state index in [9.17, 15) is 24.2 Å². The number of aromatic amines is 1. The molecule has 1 aliphatic heterocycles. The molecule has 1 aromatic heterocycles. The van der Waals surface area contributed by atoms with Crippen molar-refractivity contribution in [2.75, 3.05) is 0 Å². The summed E-state index contributed by atoms with van der Waals surface area (Å²) in [6.07, 6.45) is 1.24. The highest BCUT2D eigenvalue weighted by molar-refractivity contribution is 7.53. The van der Waals surface area contributed by atoms with E-state index < -0.39 is 31.2 Å². The third-order valence-corrected chi connectivity index (χ3v) is 3.31. The van der Waals surface area contributed by atoms with Crippen molar-refractivity contribution in [3.8, 4) is 0 Å². The van der Waals surface area contributed by atoms with Crippen LogP contribution in [0.4, 0.5) is 0 Å². The van der Waals surface area contributed by atoms with Crippen LogP contribution in [0, 0.1) is 6.92 Å². The van der Waals surface area contributed by atoms with Gasteiger partial charge in [0, 0.05) is 17.8 Å². The first kappa shape index (κ1) is 15.5. The molecular formula is C11H12N2O7P-. The van der Waals surface area contributed by atoms with Gasteiger partial charge in [-0.15, -0.1) is 0 Å². The lowest BCUT2D eigenvalue weighted by Gasteiger charge is -2.15. The first-order chi connectivity index (χ1) is 9.67. The fraction of sp³-hybridized carbons (Fsp3) is 0.273. The van der Waals surface area contributed by atoms with Crippen molar-refractivity contribution >= 4 is 7.60 Å². The molecule has 0 fully saturated rings. The van der Waals surface area contributed by atoms with Crippen LogP contribution in [0.5, 0.6) is 0 Å². The van der Waals surface area contributed by atoms with Crippen molar-refractivity contribution in [2.45, 2.75) is 19.3 Å². The number of rotatable bonds is 3. The van der Waals surface area contributed by atoms with E-state index in [-0.39, 0.29) is 11.3 Å². The molecule has 0 saturated heterocycles. The zero-order valence-electron chi connectivity index (χ0n) is 10.8. The molecule has 3 atom stereocenters. The monoisotopic (exact) mass is 315 g/mol. The zero-order valence-corrected chi connectivity index (χ0v) is 11.7. The fourth-order valence-electron chi connectivity index (χ4n) is 1.75. The van der Waals surface area contributed by atoms with E-state index in [2.05, 4.69) is 4.98 Å². The number of hydrogen-bond donors (Lipinski definition) is 3. The molecule has 0 aliphatic carbocycles. The summed E-state index contributed by atoms with van der Waals surface area (Å²) in [6.45, 7) is 1.49. The summed E-state index contributed by atoms with van der Waals surface area (Å²) >= 11 is 0. The number of ether oxygens (including phenoxy) is 1. The topological polar surface area (TPSA) is 145 Å². The van der Waals surface area contributed by atoms with Gasteiger partial charge >= 0.3 is 5.69 Å². The Morgan fingerprint density at radius 2 is 2.19 bits per heavy atom. The van der Waals surface area contributed by atoms with Crippen LogP contribution in [0.2, 0.25) is 0 Å². The number of H-pyrrole nitrogens is 1. The summed E-state index contributed by atoms with van der Waals surface area (Å²) in [7, 11) is -4.63. The van der Waals surface area contributed by atoms with E-state index in [1.54, 1.807) is 0 Å². The molecule has 1 aromatic rings. The Kier molecular flexibility index (Phi) is 4.02. The molecular weight excluding hydrogens is 303 g/mol. The van der Waals surface area contributed by atoms with Gasteiger partial charge in [-0.25, -0.2) is 4.79 Å². The van der Waals surface area contributed by atoms with E-state index in [0.29, 0.717) is 5.82 Å². The summed E-state index contributed by atoms with van der Waals surface area (Å²) in [5.74, 6) is 0.172. The molecule has 3 N–H and O–H groups in total. The van der Waals surface area contributed by atoms with Crippen LogP contribution in [0.1, 0.15) is 11.8 Å². The van der Waals surface area contributed by atoms with Crippen molar-refractivity contribution in [1.29, 1.82) is 0 Å². The third kappa shape index (κ3) is 3.59. The number of aromatic nitrogens is 2. The van der Waals surface area contributed by atoms with Gasteiger partial charge in [0.1, 0.15) is 11.9 Å². The average Bonchev–Trinajstić information content (AvgIpc) is 2.72. The summed E-state index contributed by atoms with van der Waals surface area (Å²) in [6, 6.07) is 0. The van der Waals surface area contributed by atoms with E-state index >= 15 is 0 Å². The Morgan fingerprint density at radius 1 is 1.52 bits per heavy atom. The number of nitrogens with one attached hydrogen (secondary N) is 1. The Hall–Kier alpha value is -1.93. The third-order valence-electron chi connectivity index (χ3n) is 2.76. The normalized spacial score (nSPS) is 25.0. The molecule has 9 nitrogen and oxygen atoms in total. The Balaban J connectivity index is 2.29. The van der Waals surface area contributed by atoms with Crippen LogP contribution < -0.4 is 16.1 Å². The second kappa shape index (κ2) is 5.45. The minimum absolute atomic E-state index is 0.268. The highest BCUT2D eigenvalue weighted by Crippen LogP contribution is 2.33. The fourth-order valence-corrected chi connectivity index (χ4v) is 2.13. The van der Waals surface area contributed by atoms with Gasteiger partial charge in [-0.2, -0.15) is 0 Å². The van der Waals surface area contributed by atoms with Crippen LogP contribution >= 0.6 is 7.60 Å². The van der Waals surface area contributed by atoms with E-state index in [0.717, 1.165) is 10.6 Å². The molecule has 2 heterocycles. The van der Waals surface area contributed by atoms with Crippen molar-refractivity contribution in [1.82, 2.24) is 9.55 Å². The molecule has 1 aliphatic rings. The van der Waals surface area contributed by atoms with Gasteiger partial charge in [0.15, 0.2) is 13.8 Å². The number of nitrogens with zero attached hydrogens (tertiary/aromatic N) is 1. The molecule has 2 rings (SSSR count). The second-order valence-corrected chi connectivity index (χ2v) is 5.85. The lowest BCUT2D eigenvalue weighted by atomic mass is 10.3. The molecule has 0 amide bonds. The van der Waals surface area contributed by atoms with Crippen LogP contribution in [-0.2, 0) is 9.30 Å². The first-order valence-electron chi connectivity index (χ1n) is 5.78. The largest absolute Gasteiger partial charge is 0.776 e. The van der Waals surface area contributed by atoms with Crippen molar-refractivity contribution < 1.29 is 24.2 Å². The van der Waals surface area contributed by atoms with Gasteiger partial charge in [0.25, 0.3) is 5.56 Å². The van der Waals surface area contributed by atoms with Crippen LogP contribution in [0.3, 0.4) is 0 Å². The zero-order chi connectivity index (χ0) is 15.8. The predicted octanol–water partition coefficient (Wildman–Crippen LogP) is -0.756. The SMILES string of the molecule is Cc1cn([C@H]2C=C(O)[C@@H](/C=C/P(=O)([O-])O)O2)c(=O)[nH]c1=O. The Morgan fingerprint density at radius 3 is 2.81 bits per heavy atom. The van der Waals surface area contributed by atoms with E-state index in [4.69, 9.17) is 9.63 Å². The lowest BCUT2D eigenvalue weighted by molar-refractivity contribution is -0.189. The van der Waals surface area contributed by atoms with E-state index in [1.165, 1.54) is 19.2 Å². The van der Waals surface area contributed by atoms with Crippen molar-refractivity contribution in [3.05, 3.63) is 56.3 Å². The van der Waals surface area contributed by atoms with E-state index in [1.807, 2.05) is 0 Å². The predicted molar refractivity (Wildman–Crippen MR) is 69.6 cm³/mol. The molecule has 114 valence electrons. The smallest absolute Gasteiger partial charge is 0.330 e. The molecule has 0 spiro atoms. The summed E-state index contributed by atoms with van der Waals surface area (Å²) < 4.78 is 16.9. The Labute approximate surface area is 118 Å². The van der Waals surface area contributed by atoms with Crippen molar-refractivity contribution in [2.24, 2.45) is 0 Å². The van der Waals surface area contributed by atoms with Crippen molar-refractivity contribution in [3.63, 3.8) is 0 Å². The number of aryl methyl sites for hydroxylation is 1. The van der Waals surface area contributed by atoms with Crippen LogP contribution in [0.15, 0.2) is 39.5 Å². The molecule has 0 aromatic carbocycles. The molecule has 1 unspecified atom stereocenters. The number of hydrogen-bond acceptors (Lipinski definition) is 6. The highest BCUT2D eigenvalue weighted by atomic mass is 31.2.